The van der Waals surface area contributed by atoms with Gasteiger partial charge < -0.3 is 10.6 Å². The Morgan fingerprint density at radius 3 is 2.84 bits per heavy atom. The predicted octanol–water partition coefficient (Wildman–Crippen LogP) is 0.583. The monoisotopic (exact) mass is 286 g/mol. The molecule has 0 bridgehead atoms. The molecule has 1 saturated heterocycles. The molecule has 0 aliphatic carbocycles. The number of hydrogen-bond acceptors (Lipinski definition) is 4. The van der Waals surface area contributed by atoms with Gasteiger partial charge in [0, 0.05) is 12.0 Å². The first-order valence-corrected chi connectivity index (χ1v) is 8.62. The zero-order valence-electron chi connectivity index (χ0n) is 11.3. The van der Waals surface area contributed by atoms with Gasteiger partial charge in [-0.1, -0.05) is 13.3 Å². The Morgan fingerprint density at radius 1 is 1.53 bits per heavy atom. The Balaban J connectivity index is 2.02. The van der Waals surface area contributed by atoms with Crippen molar-refractivity contribution in [2.75, 3.05) is 18.8 Å². The van der Waals surface area contributed by atoms with Gasteiger partial charge in [0.15, 0.2) is 9.84 Å². The molecule has 0 saturated carbocycles. The van der Waals surface area contributed by atoms with Gasteiger partial charge in [-0.25, -0.2) is 8.42 Å². The molecule has 108 valence electrons. The molecule has 2 N–H and O–H groups in total. The molecular formula is C13H22N2O3S. The van der Waals surface area contributed by atoms with Crippen LogP contribution in [0.2, 0.25) is 0 Å². The largest absolute Gasteiger partial charge is 0.348 e. The highest BCUT2D eigenvalue weighted by Crippen LogP contribution is 2.32. The number of carbonyl (C=O) groups is 1. The van der Waals surface area contributed by atoms with Crippen LogP contribution in [0.5, 0.6) is 0 Å². The number of nitrogens with one attached hydrogen (secondary N) is 2. The zero-order valence-corrected chi connectivity index (χ0v) is 12.1. The lowest BCUT2D eigenvalue weighted by molar-refractivity contribution is -0.133. The number of piperidine rings is 1. The van der Waals surface area contributed by atoms with Crippen LogP contribution in [-0.4, -0.2) is 39.2 Å². The third-order valence-corrected chi connectivity index (χ3v) is 5.32. The van der Waals surface area contributed by atoms with Gasteiger partial charge in [-0.05, 0) is 31.9 Å². The van der Waals surface area contributed by atoms with Gasteiger partial charge in [0.2, 0.25) is 5.91 Å². The highest BCUT2D eigenvalue weighted by Gasteiger charge is 2.39. The minimum atomic E-state index is -3.11. The zero-order chi connectivity index (χ0) is 13.9. The second-order valence-electron chi connectivity index (χ2n) is 5.55. The third kappa shape index (κ3) is 3.36. The summed E-state index contributed by atoms with van der Waals surface area (Å²) in [6.45, 7) is 3.72. The summed E-state index contributed by atoms with van der Waals surface area (Å²) in [5.74, 6) is -0.0118. The van der Waals surface area contributed by atoms with Crippen molar-refractivity contribution in [3.8, 4) is 0 Å². The normalized spacial score (nSPS) is 33.2. The fraction of sp³-hybridized carbons (Fsp3) is 0.769. The summed E-state index contributed by atoms with van der Waals surface area (Å²) in [6, 6.07) is -0.367. The molecule has 0 aromatic carbocycles. The van der Waals surface area contributed by atoms with E-state index in [2.05, 4.69) is 17.6 Å². The van der Waals surface area contributed by atoms with Crippen molar-refractivity contribution in [1.82, 2.24) is 10.6 Å². The molecule has 19 heavy (non-hydrogen) atoms. The number of rotatable bonds is 4. The van der Waals surface area contributed by atoms with Crippen molar-refractivity contribution in [3.63, 3.8) is 0 Å². The van der Waals surface area contributed by atoms with Crippen LogP contribution in [0.3, 0.4) is 0 Å². The molecule has 2 aliphatic rings. The summed E-state index contributed by atoms with van der Waals surface area (Å²) in [4.78, 5) is 12.5. The van der Waals surface area contributed by atoms with E-state index in [0.717, 1.165) is 32.2 Å². The lowest BCUT2D eigenvalue weighted by Gasteiger charge is -2.36. The van der Waals surface area contributed by atoms with Crippen LogP contribution in [0.25, 0.3) is 0 Å². The summed E-state index contributed by atoms with van der Waals surface area (Å²) in [5, 5.41) is 7.37. The summed E-state index contributed by atoms with van der Waals surface area (Å²) >= 11 is 0. The molecule has 2 unspecified atom stereocenters. The van der Waals surface area contributed by atoms with Gasteiger partial charge in [-0.3, -0.25) is 4.79 Å². The van der Waals surface area contributed by atoms with E-state index >= 15 is 0 Å². The maximum atomic E-state index is 12.5. The Kier molecular flexibility index (Phi) is 4.30. The molecule has 0 aromatic heterocycles. The van der Waals surface area contributed by atoms with E-state index in [9.17, 15) is 13.2 Å². The summed E-state index contributed by atoms with van der Waals surface area (Å²) < 4.78 is 22.7. The van der Waals surface area contributed by atoms with E-state index in [1.165, 1.54) is 5.41 Å². The topological polar surface area (TPSA) is 75.3 Å². The number of amides is 1. The van der Waals surface area contributed by atoms with Crippen LogP contribution >= 0.6 is 0 Å². The Morgan fingerprint density at radius 2 is 2.32 bits per heavy atom. The average Bonchev–Trinajstić information content (AvgIpc) is 2.70. The molecule has 1 amide bonds. The van der Waals surface area contributed by atoms with Crippen molar-refractivity contribution < 1.29 is 13.2 Å². The predicted molar refractivity (Wildman–Crippen MR) is 74.3 cm³/mol. The molecule has 6 heteroatoms. The van der Waals surface area contributed by atoms with Crippen molar-refractivity contribution in [3.05, 3.63) is 11.5 Å². The summed E-state index contributed by atoms with van der Waals surface area (Å²) in [5.41, 5.74) is -0.368. The quantitative estimate of drug-likeness (QED) is 0.793. The third-order valence-electron chi connectivity index (χ3n) is 3.93. The first-order valence-electron chi connectivity index (χ1n) is 6.90. The number of hydrogen-bond donors (Lipinski definition) is 2. The first kappa shape index (κ1) is 14.5. The van der Waals surface area contributed by atoms with Crippen LogP contribution in [0.15, 0.2) is 11.5 Å². The first-order chi connectivity index (χ1) is 8.97. The van der Waals surface area contributed by atoms with Gasteiger partial charge in [-0.2, -0.15) is 0 Å². The van der Waals surface area contributed by atoms with E-state index in [1.807, 2.05) is 0 Å². The molecule has 5 nitrogen and oxygen atoms in total. The van der Waals surface area contributed by atoms with Gasteiger partial charge in [-0.15, -0.1) is 0 Å². The molecule has 0 radical (unpaired) electrons. The molecule has 0 aromatic rings. The van der Waals surface area contributed by atoms with Crippen LogP contribution in [0, 0.1) is 5.41 Å². The lowest BCUT2D eigenvalue weighted by Crippen LogP contribution is -2.52. The number of carbonyl (C=O) groups excluding carboxylic acids is 1. The lowest BCUT2D eigenvalue weighted by atomic mass is 9.76. The maximum absolute atomic E-state index is 12.5. The van der Waals surface area contributed by atoms with Crippen LogP contribution in [0.1, 0.15) is 32.6 Å². The van der Waals surface area contributed by atoms with Crippen molar-refractivity contribution in [1.29, 1.82) is 0 Å². The van der Waals surface area contributed by atoms with Crippen molar-refractivity contribution in [2.24, 2.45) is 5.41 Å². The Hall–Kier alpha value is -0.880. The van der Waals surface area contributed by atoms with Crippen LogP contribution < -0.4 is 10.6 Å². The summed E-state index contributed by atoms with van der Waals surface area (Å²) in [6.07, 6.45) is 5.24. The van der Waals surface area contributed by atoms with Gasteiger partial charge in [0.05, 0.1) is 17.2 Å². The minimum Gasteiger partial charge on any atom is -0.348 e. The Bertz CT molecular complexity index is 459. The highest BCUT2D eigenvalue weighted by molar-refractivity contribution is 7.94. The van der Waals surface area contributed by atoms with E-state index in [4.69, 9.17) is 0 Å². The summed E-state index contributed by atoms with van der Waals surface area (Å²) in [7, 11) is -3.11. The average molecular weight is 286 g/mol. The smallest absolute Gasteiger partial charge is 0.227 e. The van der Waals surface area contributed by atoms with Crippen molar-refractivity contribution in [2.45, 2.75) is 38.6 Å². The number of sulfone groups is 1. The molecule has 2 rings (SSSR count). The van der Waals surface area contributed by atoms with Crippen LogP contribution in [-0.2, 0) is 14.6 Å². The molecule has 2 aliphatic heterocycles. The Labute approximate surface area is 114 Å². The SMILES string of the molecule is CCCC1(C(=O)NC2C=CS(=O)(=O)C2)CCCNC1. The highest BCUT2D eigenvalue weighted by atomic mass is 32.2. The molecule has 1 fully saturated rings. The van der Waals surface area contributed by atoms with E-state index in [-0.39, 0.29) is 23.1 Å². The van der Waals surface area contributed by atoms with E-state index in [0.29, 0.717) is 6.54 Å². The molecule has 0 spiro atoms. The van der Waals surface area contributed by atoms with Gasteiger partial charge in [0.1, 0.15) is 0 Å². The fourth-order valence-electron chi connectivity index (χ4n) is 2.95. The van der Waals surface area contributed by atoms with Crippen molar-refractivity contribution >= 4 is 15.7 Å². The van der Waals surface area contributed by atoms with E-state index < -0.39 is 9.84 Å². The van der Waals surface area contributed by atoms with Crippen LogP contribution in [0.4, 0.5) is 0 Å². The maximum Gasteiger partial charge on any atom is 0.227 e. The molecular weight excluding hydrogens is 264 g/mol. The molecule has 2 heterocycles. The second-order valence-corrected chi connectivity index (χ2v) is 7.48. The molecule has 2 atom stereocenters. The van der Waals surface area contributed by atoms with E-state index in [1.54, 1.807) is 6.08 Å². The second kappa shape index (κ2) is 5.63. The van der Waals surface area contributed by atoms with Gasteiger partial charge in [0.25, 0.3) is 0 Å². The van der Waals surface area contributed by atoms with Gasteiger partial charge >= 0.3 is 0 Å². The minimum absolute atomic E-state index is 0.00558. The standard InChI is InChI=1S/C13H22N2O3S/c1-2-5-13(6-3-7-14-10-13)12(16)15-11-4-8-19(17,18)9-11/h4,8,11,14H,2-3,5-7,9-10H2,1H3,(H,15,16). The fourth-order valence-corrected chi connectivity index (χ4v) is 4.19.